The minimum absolute atomic E-state index is 0.0695. The zero-order chi connectivity index (χ0) is 12.8. The number of hydrogen-bond acceptors (Lipinski definition) is 3. The van der Waals surface area contributed by atoms with Crippen LogP contribution >= 0.6 is 11.6 Å². The zero-order valence-electron chi connectivity index (χ0n) is 9.24. The molecule has 0 saturated heterocycles. The summed E-state index contributed by atoms with van der Waals surface area (Å²) in [7, 11) is 0. The summed E-state index contributed by atoms with van der Waals surface area (Å²) in [6, 6.07) is 5.96. The molecule has 0 bridgehead atoms. The fourth-order valence-corrected chi connectivity index (χ4v) is 1.29. The smallest absolute Gasteiger partial charge is 0.320 e. The first-order valence-corrected chi connectivity index (χ1v) is 5.38. The number of aliphatic carboxylic acids is 1. The average Bonchev–Trinajstić information content (AvgIpc) is 2.25. The highest BCUT2D eigenvalue weighted by molar-refractivity contribution is 6.30. The van der Waals surface area contributed by atoms with Crippen molar-refractivity contribution in [1.29, 1.82) is 0 Å². The van der Waals surface area contributed by atoms with E-state index in [0.717, 1.165) is 0 Å². The number of benzene rings is 1. The van der Waals surface area contributed by atoms with Crippen molar-refractivity contribution in [1.82, 2.24) is 5.32 Å². The maximum absolute atomic E-state index is 11.4. The molecule has 0 aliphatic heterocycles. The van der Waals surface area contributed by atoms with Crippen molar-refractivity contribution in [2.45, 2.75) is 13.0 Å². The Labute approximate surface area is 104 Å². The van der Waals surface area contributed by atoms with Gasteiger partial charge in [0.15, 0.2) is 0 Å². The molecule has 1 atom stereocenters. The van der Waals surface area contributed by atoms with Crippen LogP contribution in [0.5, 0.6) is 0 Å². The monoisotopic (exact) mass is 256 g/mol. The molecule has 6 heteroatoms. The molecule has 1 rings (SSSR count). The van der Waals surface area contributed by atoms with Gasteiger partial charge >= 0.3 is 5.97 Å². The van der Waals surface area contributed by atoms with Gasteiger partial charge in [-0.3, -0.25) is 14.9 Å². The SMILES string of the molecule is C[C@@H](NCC(=O)Nc1cccc(Cl)c1)C(=O)O. The number of amides is 1. The molecule has 0 heterocycles. The number of halogens is 1. The summed E-state index contributed by atoms with van der Waals surface area (Å²) < 4.78 is 0. The molecule has 1 aromatic carbocycles. The average molecular weight is 257 g/mol. The Balaban J connectivity index is 2.42. The number of rotatable bonds is 5. The van der Waals surface area contributed by atoms with Crippen LogP contribution in [0.2, 0.25) is 5.02 Å². The number of anilines is 1. The Morgan fingerprint density at radius 2 is 2.18 bits per heavy atom. The van der Waals surface area contributed by atoms with Crippen molar-refractivity contribution >= 4 is 29.2 Å². The first kappa shape index (κ1) is 13.5. The van der Waals surface area contributed by atoms with Gasteiger partial charge in [0, 0.05) is 10.7 Å². The molecule has 1 aromatic rings. The molecular weight excluding hydrogens is 244 g/mol. The number of carboxylic acid groups (broad SMARTS) is 1. The molecule has 92 valence electrons. The van der Waals surface area contributed by atoms with Crippen molar-refractivity contribution in [3.8, 4) is 0 Å². The summed E-state index contributed by atoms with van der Waals surface area (Å²) in [5.74, 6) is -1.32. The van der Waals surface area contributed by atoms with Crippen molar-refractivity contribution < 1.29 is 14.7 Å². The summed E-state index contributed by atoms with van der Waals surface area (Å²) in [6.45, 7) is 1.40. The van der Waals surface area contributed by atoms with Gasteiger partial charge in [-0.2, -0.15) is 0 Å². The van der Waals surface area contributed by atoms with Gasteiger partial charge in [0.2, 0.25) is 5.91 Å². The second-order valence-corrected chi connectivity index (χ2v) is 3.94. The van der Waals surface area contributed by atoms with E-state index in [4.69, 9.17) is 16.7 Å². The second kappa shape index (κ2) is 6.22. The summed E-state index contributed by atoms with van der Waals surface area (Å²) in [5, 5.41) is 14.3. The third-order valence-corrected chi connectivity index (χ3v) is 2.28. The molecule has 1 amide bonds. The molecular formula is C11H13ClN2O3. The van der Waals surface area contributed by atoms with E-state index in [1.54, 1.807) is 24.3 Å². The summed E-state index contributed by atoms with van der Waals surface area (Å²) in [6.07, 6.45) is 0. The Hall–Kier alpha value is -1.59. The number of carboxylic acids is 1. The lowest BCUT2D eigenvalue weighted by Crippen LogP contribution is -2.39. The van der Waals surface area contributed by atoms with Crippen LogP contribution in [0.3, 0.4) is 0 Å². The van der Waals surface area contributed by atoms with E-state index < -0.39 is 12.0 Å². The third kappa shape index (κ3) is 4.84. The molecule has 0 radical (unpaired) electrons. The van der Waals surface area contributed by atoms with Crippen molar-refractivity contribution in [3.05, 3.63) is 29.3 Å². The van der Waals surface area contributed by atoms with E-state index in [9.17, 15) is 9.59 Å². The molecule has 5 nitrogen and oxygen atoms in total. The summed E-state index contributed by atoms with van der Waals surface area (Å²) in [4.78, 5) is 21.9. The van der Waals surface area contributed by atoms with Gasteiger partial charge in [-0.05, 0) is 25.1 Å². The third-order valence-electron chi connectivity index (χ3n) is 2.05. The molecule has 0 unspecified atom stereocenters. The Morgan fingerprint density at radius 3 is 2.76 bits per heavy atom. The van der Waals surface area contributed by atoms with E-state index in [1.165, 1.54) is 6.92 Å². The molecule has 0 aliphatic rings. The standard InChI is InChI=1S/C11H13ClN2O3/c1-7(11(16)17)13-6-10(15)14-9-4-2-3-8(12)5-9/h2-5,7,13H,6H2,1H3,(H,14,15)(H,16,17)/t7-/m1/s1. The first-order valence-electron chi connectivity index (χ1n) is 5.00. The van der Waals surface area contributed by atoms with E-state index in [-0.39, 0.29) is 12.5 Å². The lowest BCUT2D eigenvalue weighted by atomic mass is 10.3. The van der Waals surface area contributed by atoms with Crippen molar-refractivity contribution in [2.75, 3.05) is 11.9 Å². The van der Waals surface area contributed by atoms with Gasteiger partial charge in [0.05, 0.1) is 6.54 Å². The minimum Gasteiger partial charge on any atom is -0.480 e. The van der Waals surface area contributed by atoms with Crippen LogP contribution in [0.25, 0.3) is 0 Å². The normalized spacial score (nSPS) is 11.9. The Bertz CT molecular complexity index is 423. The van der Waals surface area contributed by atoms with E-state index in [0.29, 0.717) is 10.7 Å². The number of nitrogens with one attached hydrogen (secondary N) is 2. The maximum Gasteiger partial charge on any atom is 0.320 e. The molecule has 0 aliphatic carbocycles. The first-order chi connectivity index (χ1) is 7.99. The fourth-order valence-electron chi connectivity index (χ4n) is 1.10. The molecule has 0 saturated carbocycles. The molecule has 0 fully saturated rings. The highest BCUT2D eigenvalue weighted by atomic mass is 35.5. The van der Waals surface area contributed by atoms with E-state index in [1.807, 2.05) is 0 Å². The lowest BCUT2D eigenvalue weighted by molar-refractivity contribution is -0.139. The van der Waals surface area contributed by atoms with Crippen LogP contribution in [-0.4, -0.2) is 29.6 Å². The van der Waals surface area contributed by atoms with E-state index >= 15 is 0 Å². The molecule has 3 N–H and O–H groups in total. The van der Waals surface area contributed by atoms with Crippen LogP contribution < -0.4 is 10.6 Å². The van der Waals surface area contributed by atoms with Crippen molar-refractivity contribution in [3.63, 3.8) is 0 Å². The van der Waals surface area contributed by atoms with Crippen LogP contribution in [0.1, 0.15) is 6.92 Å². The number of carbonyl (C=O) groups excluding carboxylic acids is 1. The predicted octanol–water partition coefficient (Wildman–Crippen LogP) is 1.34. The second-order valence-electron chi connectivity index (χ2n) is 3.50. The topological polar surface area (TPSA) is 78.4 Å². The summed E-state index contributed by atoms with van der Waals surface area (Å²) in [5.41, 5.74) is 0.576. The maximum atomic E-state index is 11.4. The Kier molecular flexibility index (Phi) is 4.93. The van der Waals surface area contributed by atoms with Gasteiger partial charge in [0.1, 0.15) is 6.04 Å². The zero-order valence-corrected chi connectivity index (χ0v) is 9.99. The van der Waals surface area contributed by atoms with Crippen LogP contribution in [0.15, 0.2) is 24.3 Å². The van der Waals surface area contributed by atoms with Gasteiger partial charge in [-0.1, -0.05) is 17.7 Å². The quantitative estimate of drug-likeness (QED) is 0.743. The Morgan fingerprint density at radius 1 is 1.47 bits per heavy atom. The lowest BCUT2D eigenvalue weighted by Gasteiger charge is -2.09. The number of carbonyl (C=O) groups is 2. The molecule has 0 aromatic heterocycles. The van der Waals surface area contributed by atoms with E-state index in [2.05, 4.69) is 10.6 Å². The van der Waals surface area contributed by atoms with Gasteiger partial charge in [0.25, 0.3) is 0 Å². The largest absolute Gasteiger partial charge is 0.480 e. The fraction of sp³-hybridized carbons (Fsp3) is 0.273. The van der Waals surface area contributed by atoms with Crippen molar-refractivity contribution in [2.24, 2.45) is 0 Å². The summed E-state index contributed by atoms with van der Waals surface area (Å²) >= 11 is 5.75. The van der Waals surface area contributed by atoms with Gasteiger partial charge < -0.3 is 10.4 Å². The highest BCUT2D eigenvalue weighted by Crippen LogP contribution is 2.14. The van der Waals surface area contributed by atoms with Crippen LogP contribution in [0, 0.1) is 0 Å². The van der Waals surface area contributed by atoms with Gasteiger partial charge in [-0.25, -0.2) is 0 Å². The minimum atomic E-state index is -0.999. The number of hydrogen-bond donors (Lipinski definition) is 3. The van der Waals surface area contributed by atoms with Crippen LogP contribution in [0.4, 0.5) is 5.69 Å². The van der Waals surface area contributed by atoms with Gasteiger partial charge in [-0.15, -0.1) is 0 Å². The molecule has 17 heavy (non-hydrogen) atoms. The van der Waals surface area contributed by atoms with Crippen LogP contribution in [-0.2, 0) is 9.59 Å². The highest BCUT2D eigenvalue weighted by Gasteiger charge is 2.11. The molecule has 0 spiro atoms. The predicted molar refractivity (Wildman–Crippen MR) is 65.2 cm³/mol.